The Hall–Kier alpha value is -1.87. The van der Waals surface area contributed by atoms with E-state index in [1.54, 1.807) is 0 Å². The molecular weight excluding hydrogens is 312 g/mol. The summed E-state index contributed by atoms with van der Waals surface area (Å²) < 4.78 is 6.18. The molecule has 3 heterocycles. The van der Waals surface area contributed by atoms with Crippen molar-refractivity contribution in [3.8, 4) is 6.07 Å². The van der Waals surface area contributed by atoms with E-state index in [1.165, 1.54) is 5.56 Å². The van der Waals surface area contributed by atoms with Gasteiger partial charge in [0, 0.05) is 42.0 Å². The van der Waals surface area contributed by atoms with E-state index in [0.29, 0.717) is 5.02 Å². The average Bonchev–Trinajstić information content (AvgIpc) is 3.17. The maximum Gasteiger partial charge on any atom is 0.170 e. The largest absolute Gasteiger partial charge is 0.347 e. The smallest absolute Gasteiger partial charge is 0.170 e. The van der Waals surface area contributed by atoms with Crippen LogP contribution in [-0.4, -0.2) is 28.2 Å². The van der Waals surface area contributed by atoms with Crippen molar-refractivity contribution < 1.29 is 4.74 Å². The molecule has 118 valence electrons. The summed E-state index contributed by atoms with van der Waals surface area (Å²) in [5.74, 6) is 0. The summed E-state index contributed by atoms with van der Waals surface area (Å²) in [7, 11) is 0. The number of aromatic amines is 1. The molecule has 0 radical (unpaired) electrons. The number of aromatic nitrogens is 2. The molecule has 23 heavy (non-hydrogen) atoms. The molecule has 1 saturated heterocycles. The lowest BCUT2D eigenvalue weighted by Crippen LogP contribution is -2.42. The summed E-state index contributed by atoms with van der Waals surface area (Å²) in [5, 5.41) is 16.9. The van der Waals surface area contributed by atoms with Crippen molar-refractivity contribution >= 4 is 11.6 Å². The molecule has 1 N–H and O–H groups in total. The quantitative estimate of drug-likeness (QED) is 0.919. The van der Waals surface area contributed by atoms with Gasteiger partial charge in [-0.1, -0.05) is 17.7 Å². The number of fused-ring (bicyclic) bond motifs is 2. The Morgan fingerprint density at radius 2 is 2.26 bits per heavy atom. The summed E-state index contributed by atoms with van der Waals surface area (Å²) in [6, 6.07) is 8.00. The van der Waals surface area contributed by atoms with Crippen LogP contribution in [0.15, 0.2) is 30.6 Å². The Balaban J connectivity index is 1.55. The van der Waals surface area contributed by atoms with Gasteiger partial charge in [-0.25, -0.2) is 0 Å². The molecule has 1 aromatic heterocycles. The predicted octanol–water partition coefficient (Wildman–Crippen LogP) is 3.15. The number of benzene rings is 1. The molecule has 1 aromatic carbocycles. The molecule has 0 aliphatic carbocycles. The molecule has 1 spiro atoms. The molecular formula is C17H17ClN4O. The van der Waals surface area contributed by atoms with Gasteiger partial charge in [-0.05, 0) is 30.5 Å². The van der Waals surface area contributed by atoms with Crippen LogP contribution in [0.2, 0.25) is 5.02 Å². The summed E-state index contributed by atoms with van der Waals surface area (Å²) >= 11 is 6.18. The zero-order chi connectivity index (χ0) is 15.9. The molecule has 2 aliphatic rings. The standard InChI is InChI=1S/C17H17ClN4O/c18-13-1-2-14-15(7-13)17(23-16(14)8-19)3-5-22(6-4-17)11-12-9-20-21-10-12/h1-2,7,9-10,16H,3-6,11H2,(H,20,21). The zero-order valence-electron chi connectivity index (χ0n) is 12.6. The van der Waals surface area contributed by atoms with Gasteiger partial charge in [0.15, 0.2) is 6.10 Å². The van der Waals surface area contributed by atoms with Crippen LogP contribution in [0.3, 0.4) is 0 Å². The second-order valence-corrected chi connectivity index (χ2v) is 6.67. The normalized spacial score (nSPS) is 22.9. The number of piperidine rings is 1. The van der Waals surface area contributed by atoms with Gasteiger partial charge < -0.3 is 4.74 Å². The van der Waals surface area contributed by atoms with Crippen molar-refractivity contribution in [1.29, 1.82) is 5.26 Å². The fourth-order valence-electron chi connectivity index (χ4n) is 3.68. The molecule has 1 unspecified atom stereocenters. The summed E-state index contributed by atoms with van der Waals surface area (Å²) in [5.41, 5.74) is 2.89. The molecule has 1 fully saturated rings. The highest BCUT2D eigenvalue weighted by Crippen LogP contribution is 2.49. The van der Waals surface area contributed by atoms with Gasteiger partial charge in [-0.15, -0.1) is 0 Å². The van der Waals surface area contributed by atoms with Crippen molar-refractivity contribution in [3.63, 3.8) is 0 Å². The molecule has 6 heteroatoms. The number of ether oxygens (including phenoxy) is 1. The lowest BCUT2D eigenvalue weighted by molar-refractivity contribution is -0.0933. The van der Waals surface area contributed by atoms with Gasteiger partial charge in [-0.2, -0.15) is 10.4 Å². The molecule has 0 saturated carbocycles. The lowest BCUT2D eigenvalue weighted by Gasteiger charge is -2.39. The topological polar surface area (TPSA) is 64.9 Å². The van der Waals surface area contributed by atoms with Crippen LogP contribution in [0.4, 0.5) is 0 Å². The number of hydrogen-bond acceptors (Lipinski definition) is 4. The Labute approximate surface area is 139 Å². The number of rotatable bonds is 2. The number of likely N-dealkylation sites (tertiary alicyclic amines) is 1. The highest BCUT2D eigenvalue weighted by Gasteiger charge is 2.46. The van der Waals surface area contributed by atoms with Crippen LogP contribution >= 0.6 is 11.6 Å². The van der Waals surface area contributed by atoms with E-state index >= 15 is 0 Å². The molecule has 2 aromatic rings. The maximum absolute atomic E-state index is 9.39. The number of hydrogen-bond donors (Lipinski definition) is 1. The van der Waals surface area contributed by atoms with Gasteiger partial charge in [0.1, 0.15) is 0 Å². The maximum atomic E-state index is 9.39. The number of H-pyrrole nitrogens is 1. The third-order valence-corrected chi connectivity index (χ3v) is 5.11. The number of nitrogens with zero attached hydrogens (tertiary/aromatic N) is 3. The van der Waals surface area contributed by atoms with Crippen molar-refractivity contribution in [2.45, 2.75) is 31.1 Å². The fraction of sp³-hybridized carbons (Fsp3) is 0.412. The Morgan fingerprint density at radius 3 is 2.96 bits per heavy atom. The lowest BCUT2D eigenvalue weighted by atomic mass is 9.83. The van der Waals surface area contributed by atoms with Crippen LogP contribution in [-0.2, 0) is 16.9 Å². The van der Waals surface area contributed by atoms with E-state index in [4.69, 9.17) is 16.3 Å². The van der Waals surface area contributed by atoms with E-state index in [-0.39, 0.29) is 5.60 Å². The first kappa shape index (κ1) is 14.7. The van der Waals surface area contributed by atoms with E-state index in [9.17, 15) is 5.26 Å². The number of nitriles is 1. The van der Waals surface area contributed by atoms with E-state index in [0.717, 1.165) is 43.6 Å². The Kier molecular flexibility index (Phi) is 3.61. The van der Waals surface area contributed by atoms with Crippen molar-refractivity contribution in [2.75, 3.05) is 13.1 Å². The Morgan fingerprint density at radius 1 is 1.43 bits per heavy atom. The minimum absolute atomic E-state index is 0.368. The molecule has 1 atom stereocenters. The number of nitrogens with one attached hydrogen (secondary N) is 1. The van der Waals surface area contributed by atoms with E-state index < -0.39 is 6.10 Å². The molecule has 4 rings (SSSR count). The first-order chi connectivity index (χ1) is 11.2. The third kappa shape index (κ3) is 2.53. The van der Waals surface area contributed by atoms with Gasteiger partial charge in [-0.3, -0.25) is 10.00 Å². The zero-order valence-corrected chi connectivity index (χ0v) is 13.4. The highest BCUT2D eigenvalue weighted by molar-refractivity contribution is 6.30. The summed E-state index contributed by atoms with van der Waals surface area (Å²) in [6.07, 6.45) is 5.05. The van der Waals surface area contributed by atoms with Gasteiger partial charge >= 0.3 is 0 Å². The van der Waals surface area contributed by atoms with Crippen LogP contribution in [0.1, 0.15) is 35.6 Å². The first-order valence-electron chi connectivity index (χ1n) is 7.77. The number of halogens is 1. The van der Waals surface area contributed by atoms with Gasteiger partial charge in [0.25, 0.3) is 0 Å². The fourth-order valence-corrected chi connectivity index (χ4v) is 3.85. The first-order valence-corrected chi connectivity index (χ1v) is 8.15. The molecule has 2 aliphatic heterocycles. The molecule has 0 amide bonds. The Bertz CT molecular complexity index is 744. The second kappa shape index (κ2) is 5.64. The van der Waals surface area contributed by atoms with Crippen molar-refractivity contribution in [3.05, 3.63) is 52.3 Å². The second-order valence-electron chi connectivity index (χ2n) is 6.24. The average molecular weight is 329 g/mol. The van der Waals surface area contributed by atoms with Gasteiger partial charge in [0.2, 0.25) is 0 Å². The summed E-state index contributed by atoms with van der Waals surface area (Å²) in [6.45, 7) is 2.74. The van der Waals surface area contributed by atoms with Crippen molar-refractivity contribution in [2.24, 2.45) is 0 Å². The molecule has 0 bridgehead atoms. The van der Waals surface area contributed by atoms with Crippen LogP contribution in [0.5, 0.6) is 0 Å². The monoisotopic (exact) mass is 328 g/mol. The van der Waals surface area contributed by atoms with Crippen LogP contribution < -0.4 is 0 Å². The highest BCUT2D eigenvalue weighted by atomic mass is 35.5. The van der Waals surface area contributed by atoms with E-state index in [1.807, 2.05) is 30.6 Å². The van der Waals surface area contributed by atoms with E-state index in [2.05, 4.69) is 21.2 Å². The minimum atomic E-state index is -0.484. The SMILES string of the molecule is N#CC1OC2(CCN(Cc3cn[nH]c3)CC2)c2cc(Cl)ccc21. The van der Waals surface area contributed by atoms with Crippen LogP contribution in [0, 0.1) is 11.3 Å². The van der Waals surface area contributed by atoms with Crippen molar-refractivity contribution in [1.82, 2.24) is 15.1 Å². The van der Waals surface area contributed by atoms with Gasteiger partial charge in [0.05, 0.1) is 17.9 Å². The molecule has 5 nitrogen and oxygen atoms in total. The third-order valence-electron chi connectivity index (χ3n) is 4.87. The van der Waals surface area contributed by atoms with Crippen LogP contribution in [0.25, 0.3) is 0 Å². The summed E-state index contributed by atoms with van der Waals surface area (Å²) in [4.78, 5) is 2.39. The minimum Gasteiger partial charge on any atom is -0.347 e. The predicted molar refractivity (Wildman–Crippen MR) is 85.7 cm³/mol.